The van der Waals surface area contributed by atoms with Crippen molar-refractivity contribution in [2.45, 2.75) is 36.9 Å². The molecule has 7 rings (SSSR count). The van der Waals surface area contributed by atoms with E-state index in [1.165, 1.54) is 0 Å². The maximum Gasteiger partial charge on any atom is 0.243 e. The van der Waals surface area contributed by atoms with Crippen LogP contribution in [0.5, 0.6) is 0 Å². The summed E-state index contributed by atoms with van der Waals surface area (Å²) in [7, 11) is 2.10. The number of carbonyl (C=O) groups is 2. The summed E-state index contributed by atoms with van der Waals surface area (Å²) in [6.07, 6.45) is 3.00. The Kier molecular flexibility index (Phi) is 2.80. The van der Waals surface area contributed by atoms with Crippen molar-refractivity contribution in [3.63, 3.8) is 0 Å². The van der Waals surface area contributed by atoms with Crippen LogP contribution in [-0.4, -0.2) is 54.7 Å². The van der Waals surface area contributed by atoms with Crippen LogP contribution in [0.3, 0.4) is 0 Å². The van der Waals surface area contributed by atoms with Gasteiger partial charge in [-0.3, -0.25) is 4.79 Å². The highest BCUT2D eigenvalue weighted by molar-refractivity contribution is 6.04. The number of likely N-dealkylation sites (N-methyl/N-ethyl adjacent to an activating group) is 1. The molecule has 6 atom stereocenters. The Hall–Kier alpha value is -2.18. The van der Waals surface area contributed by atoms with E-state index in [9.17, 15) is 14.7 Å². The first-order valence-electron chi connectivity index (χ1n) is 10.1. The fourth-order valence-electron chi connectivity index (χ4n) is 7.76. The Morgan fingerprint density at radius 2 is 2.14 bits per heavy atom. The van der Waals surface area contributed by atoms with Gasteiger partial charge in [0, 0.05) is 23.5 Å². The molecule has 6 aliphatic rings. The lowest BCUT2D eigenvalue weighted by atomic mass is 9.42. The third-order valence-electron chi connectivity index (χ3n) is 8.68. The van der Waals surface area contributed by atoms with Crippen LogP contribution in [0.25, 0.3) is 0 Å². The van der Waals surface area contributed by atoms with Gasteiger partial charge in [-0.1, -0.05) is 24.3 Å². The molecule has 5 fully saturated rings. The summed E-state index contributed by atoms with van der Waals surface area (Å²) in [6, 6.07) is 7.34. The zero-order valence-corrected chi connectivity index (χ0v) is 16.2. The molecule has 146 valence electrons. The third-order valence-corrected chi connectivity index (χ3v) is 8.68. The number of nitrogens with zero attached hydrogens (tertiary/aromatic N) is 1. The average Bonchev–Trinajstić information content (AvgIpc) is 3.09. The minimum Gasteiger partial charge on any atom is -0.549 e. The monoisotopic (exact) mass is 380 g/mol. The van der Waals surface area contributed by atoms with Crippen LogP contribution in [-0.2, 0) is 19.7 Å². The zero-order chi connectivity index (χ0) is 19.5. The number of anilines is 1. The lowest BCUT2D eigenvalue weighted by molar-refractivity contribution is -0.911. The number of hydrogen-bond donors (Lipinski definition) is 1. The number of aliphatic carboxylic acids is 1. The Bertz CT molecular complexity index is 989. The van der Waals surface area contributed by atoms with E-state index in [0.717, 1.165) is 29.9 Å². The number of Topliss-reactive ketones (excluding diaryl/α,β-unsaturated/α-hetero) is 1. The van der Waals surface area contributed by atoms with E-state index in [-0.39, 0.29) is 18.3 Å². The molecular formula is C22H24N2O4. The average molecular weight is 380 g/mol. The highest BCUT2D eigenvalue weighted by atomic mass is 16.5. The van der Waals surface area contributed by atoms with E-state index in [1.54, 1.807) is 0 Å². The maximum absolute atomic E-state index is 14.1. The molecule has 1 spiro atoms. The van der Waals surface area contributed by atoms with Gasteiger partial charge >= 0.3 is 0 Å². The standard InChI is InChI=1S/C22H24N2O4/c1-3-13-12-24(2)10-8-21-14-6-4-5-7-15(14)23-22(21)18(25)17(24)16(13)20(21,19(26)27)9-11-28-22/h3-7,16-17,23H,8-12H2,1-2H3/b13-3-/t16-,17+,20-,21-,22-,24?/m1/s1. The molecule has 5 aliphatic heterocycles. The Balaban J connectivity index is 1.80. The molecule has 6 nitrogen and oxygen atoms in total. The Morgan fingerprint density at radius 3 is 2.89 bits per heavy atom. The van der Waals surface area contributed by atoms with Gasteiger partial charge in [-0.15, -0.1) is 0 Å². The lowest BCUT2D eigenvalue weighted by Gasteiger charge is -2.63. The summed E-state index contributed by atoms with van der Waals surface area (Å²) >= 11 is 0. The number of allylic oxidation sites excluding steroid dienone is 1. The molecule has 6 heteroatoms. The van der Waals surface area contributed by atoms with Crippen molar-refractivity contribution >= 4 is 17.4 Å². The smallest absolute Gasteiger partial charge is 0.243 e. The van der Waals surface area contributed by atoms with Crippen LogP contribution in [0, 0.1) is 11.3 Å². The number of benzene rings is 1. The van der Waals surface area contributed by atoms with Crippen LogP contribution in [0.15, 0.2) is 35.9 Å². The van der Waals surface area contributed by atoms with Gasteiger partial charge in [-0.25, -0.2) is 0 Å². The summed E-state index contributed by atoms with van der Waals surface area (Å²) < 4.78 is 6.86. The number of ketones is 1. The van der Waals surface area contributed by atoms with Crippen LogP contribution in [0.4, 0.5) is 5.69 Å². The van der Waals surface area contributed by atoms with Gasteiger partial charge in [0.05, 0.1) is 31.5 Å². The molecule has 0 radical (unpaired) electrons. The zero-order valence-electron chi connectivity index (χ0n) is 16.2. The first-order valence-corrected chi connectivity index (χ1v) is 10.1. The molecule has 4 saturated heterocycles. The molecule has 0 aromatic heterocycles. The van der Waals surface area contributed by atoms with E-state index >= 15 is 0 Å². The van der Waals surface area contributed by atoms with Gasteiger partial charge in [0.15, 0.2) is 6.04 Å². The van der Waals surface area contributed by atoms with Gasteiger partial charge in [0.25, 0.3) is 0 Å². The van der Waals surface area contributed by atoms with Gasteiger partial charge in [-0.05, 0) is 30.5 Å². The Morgan fingerprint density at radius 1 is 1.36 bits per heavy atom. The number of ether oxygens (including phenoxy) is 1. The second-order valence-electron chi connectivity index (χ2n) is 9.38. The number of rotatable bonds is 1. The van der Waals surface area contributed by atoms with E-state index in [1.807, 2.05) is 37.3 Å². The topological polar surface area (TPSA) is 78.5 Å². The minimum atomic E-state index is -1.31. The molecule has 1 unspecified atom stereocenters. The molecule has 1 aromatic rings. The molecule has 28 heavy (non-hydrogen) atoms. The molecule has 5 heterocycles. The van der Waals surface area contributed by atoms with Crippen molar-refractivity contribution in [1.29, 1.82) is 0 Å². The van der Waals surface area contributed by atoms with Crippen molar-refractivity contribution in [3.8, 4) is 0 Å². The summed E-state index contributed by atoms with van der Waals surface area (Å²) in [4.78, 5) is 27.2. The van der Waals surface area contributed by atoms with Crippen molar-refractivity contribution in [2.24, 2.45) is 11.3 Å². The summed E-state index contributed by atoms with van der Waals surface area (Å²) in [5.74, 6) is -1.36. The van der Waals surface area contributed by atoms with E-state index in [4.69, 9.17) is 4.74 Å². The number of carboxylic acid groups (broad SMARTS) is 1. The number of fused-ring (bicyclic) bond motifs is 2. The van der Waals surface area contributed by atoms with Crippen molar-refractivity contribution in [2.75, 3.05) is 32.1 Å². The van der Waals surface area contributed by atoms with E-state index < -0.39 is 28.6 Å². The first-order chi connectivity index (χ1) is 13.4. The third kappa shape index (κ3) is 1.35. The summed E-state index contributed by atoms with van der Waals surface area (Å²) in [5, 5.41) is 16.5. The van der Waals surface area contributed by atoms with E-state index in [2.05, 4.69) is 12.4 Å². The number of quaternary nitrogens is 1. The molecule has 1 aromatic carbocycles. The molecule has 0 amide bonds. The summed E-state index contributed by atoms with van der Waals surface area (Å²) in [5.41, 5.74) is -0.601. The van der Waals surface area contributed by atoms with Crippen LogP contribution >= 0.6 is 0 Å². The minimum absolute atomic E-state index is 0.0159. The van der Waals surface area contributed by atoms with Crippen LogP contribution in [0.2, 0.25) is 0 Å². The second-order valence-corrected chi connectivity index (χ2v) is 9.38. The quantitative estimate of drug-likeness (QED) is 0.570. The molecular weight excluding hydrogens is 356 g/mol. The van der Waals surface area contributed by atoms with Crippen molar-refractivity contribution in [1.82, 2.24) is 0 Å². The first kappa shape index (κ1) is 16.7. The van der Waals surface area contributed by atoms with Crippen LogP contribution in [0.1, 0.15) is 25.3 Å². The largest absolute Gasteiger partial charge is 0.549 e. The highest BCUT2D eigenvalue weighted by Crippen LogP contribution is 2.73. The lowest BCUT2D eigenvalue weighted by Crippen LogP contribution is -2.80. The van der Waals surface area contributed by atoms with Gasteiger partial charge in [-0.2, -0.15) is 0 Å². The van der Waals surface area contributed by atoms with Gasteiger partial charge in [0.2, 0.25) is 11.5 Å². The fraction of sp³-hybridized carbons (Fsp3) is 0.545. The normalized spacial score (nSPS) is 48.8. The van der Waals surface area contributed by atoms with Gasteiger partial charge < -0.3 is 24.4 Å². The Labute approximate surface area is 163 Å². The molecule has 1 N–H and O–H groups in total. The number of carbonyl (C=O) groups excluding carboxylic acids is 2. The number of para-hydroxylation sites is 1. The van der Waals surface area contributed by atoms with Crippen LogP contribution < -0.4 is 10.4 Å². The number of nitrogens with one attached hydrogen (secondary N) is 1. The second kappa shape index (κ2) is 4.69. The molecule has 6 bridgehead atoms. The predicted octanol–water partition coefficient (Wildman–Crippen LogP) is 0.580. The molecule has 1 aliphatic carbocycles. The summed E-state index contributed by atoms with van der Waals surface area (Å²) in [6.45, 7) is 3.68. The number of carboxylic acids is 1. The van der Waals surface area contributed by atoms with E-state index in [0.29, 0.717) is 17.3 Å². The SMILES string of the molecule is C/C=C1/C[N+]2(C)CC[C@]34c5ccccc5N[C@]35OCC[C@]4(C(=O)[O-])[C@H]1[C@H]2C5=O. The molecule has 1 saturated carbocycles. The fourth-order valence-corrected chi connectivity index (χ4v) is 7.76. The van der Waals surface area contributed by atoms with Crippen molar-refractivity contribution in [3.05, 3.63) is 41.5 Å². The highest BCUT2D eigenvalue weighted by Gasteiger charge is 2.86. The van der Waals surface area contributed by atoms with Gasteiger partial charge in [0.1, 0.15) is 6.54 Å². The van der Waals surface area contributed by atoms with Crippen molar-refractivity contribution < 1.29 is 23.9 Å². The number of hydrogen-bond acceptors (Lipinski definition) is 5. The predicted molar refractivity (Wildman–Crippen MR) is 99.1 cm³/mol. The maximum atomic E-state index is 14.1.